The molecule has 0 bridgehead atoms. The fourth-order valence-electron chi connectivity index (χ4n) is 2.21. The number of hydrogen-bond acceptors (Lipinski definition) is 5. The molecular weight excluding hydrogens is 318 g/mol. The Morgan fingerprint density at radius 2 is 1.96 bits per heavy atom. The maximum Gasteiger partial charge on any atom is 0.291 e. The number of carbonyl (C=O) groups excluding carboxylic acids is 1. The minimum absolute atomic E-state index is 0.0788. The molecule has 1 aromatic carbocycles. The lowest BCUT2D eigenvalue weighted by Gasteiger charge is -2.15. The average molecular weight is 337 g/mol. The number of aromatic nitrogens is 1. The summed E-state index contributed by atoms with van der Waals surface area (Å²) in [5.41, 5.74) is 1.41. The van der Waals surface area contributed by atoms with Gasteiger partial charge in [0, 0.05) is 0 Å². The van der Waals surface area contributed by atoms with E-state index in [1.807, 2.05) is 38.1 Å². The first-order valence-electron chi connectivity index (χ1n) is 7.95. The van der Waals surface area contributed by atoms with Crippen LogP contribution >= 0.6 is 0 Å². The molecule has 25 heavy (non-hydrogen) atoms. The number of hydrogen-bond donors (Lipinski definition) is 2. The highest BCUT2D eigenvalue weighted by Crippen LogP contribution is 2.27. The first-order valence-corrected chi connectivity index (χ1v) is 7.95. The fourth-order valence-corrected chi connectivity index (χ4v) is 2.21. The van der Waals surface area contributed by atoms with E-state index in [2.05, 4.69) is 15.6 Å². The molecule has 6 heteroatoms. The monoisotopic (exact) mass is 337 g/mol. The van der Waals surface area contributed by atoms with Crippen molar-refractivity contribution in [2.45, 2.75) is 20.0 Å². The number of carbonyl (C=O) groups is 1. The highest BCUT2D eigenvalue weighted by molar-refractivity contribution is 6.02. The van der Waals surface area contributed by atoms with E-state index in [1.54, 1.807) is 30.5 Å². The van der Waals surface area contributed by atoms with Gasteiger partial charge in [-0.15, -0.1) is 0 Å². The molecule has 0 aliphatic rings. The normalized spacial score (nSPS) is 10.5. The highest BCUT2D eigenvalue weighted by atomic mass is 16.5. The summed E-state index contributed by atoms with van der Waals surface area (Å²) in [6, 6.07) is 14.5. The van der Waals surface area contributed by atoms with E-state index >= 15 is 0 Å². The zero-order valence-corrected chi connectivity index (χ0v) is 14.0. The number of para-hydroxylation sites is 2. The van der Waals surface area contributed by atoms with E-state index in [0.29, 0.717) is 11.5 Å². The smallest absolute Gasteiger partial charge is 0.291 e. The predicted octanol–water partition coefficient (Wildman–Crippen LogP) is 4.46. The minimum atomic E-state index is -0.316. The van der Waals surface area contributed by atoms with Gasteiger partial charge in [0.05, 0.1) is 29.9 Å². The van der Waals surface area contributed by atoms with Crippen molar-refractivity contribution in [3.8, 4) is 5.75 Å². The SMILES string of the molecule is CC(C)Oc1ccccc1Nc1ccc(NC(=O)c2ccco2)cn1. The number of pyridine rings is 1. The molecule has 0 atom stereocenters. The molecule has 0 radical (unpaired) electrons. The van der Waals surface area contributed by atoms with E-state index in [-0.39, 0.29) is 17.8 Å². The topological polar surface area (TPSA) is 76.4 Å². The third-order valence-electron chi connectivity index (χ3n) is 3.28. The number of rotatable bonds is 6. The number of ether oxygens (including phenoxy) is 1. The fraction of sp³-hybridized carbons (Fsp3) is 0.158. The summed E-state index contributed by atoms with van der Waals surface area (Å²) in [7, 11) is 0. The van der Waals surface area contributed by atoms with Crippen LogP contribution in [-0.2, 0) is 0 Å². The van der Waals surface area contributed by atoms with Crippen LogP contribution in [0, 0.1) is 0 Å². The molecule has 2 N–H and O–H groups in total. The van der Waals surface area contributed by atoms with Gasteiger partial charge in [0.2, 0.25) is 0 Å². The summed E-state index contributed by atoms with van der Waals surface area (Å²) in [6.07, 6.45) is 3.11. The Hall–Kier alpha value is -3.28. The van der Waals surface area contributed by atoms with Gasteiger partial charge in [0.1, 0.15) is 11.6 Å². The quantitative estimate of drug-likeness (QED) is 0.694. The molecule has 0 fully saturated rings. The third kappa shape index (κ3) is 4.38. The standard InChI is InChI=1S/C19H19N3O3/c1-13(2)25-16-7-4-3-6-15(16)22-18-10-9-14(12-20-18)21-19(23)17-8-5-11-24-17/h3-13H,1-2H3,(H,20,22)(H,21,23). The first kappa shape index (κ1) is 16.6. The van der Waals surface area contributed by atoms with Crippen LogP contribution in [-0.4, -0.2) is 17.0 Å². The molecular formula is C19H19N3O3. The molecule has 2 heterocycles. The Morgan fingerprint density at radius 1 is 1.12 bits per heavy atom. The van der Waals surface area contributed by atoms with Crippen LogP contribution in [0.2, 0.25) is 0 Å². The molecule has 3 aromatic rings. The molecule has 0 unspecified atom stereocenters. The number of benzene rings is 1. The summed E-state index contributed by atoms with van der Waals surface area (Å²) in [6.45, 7) is 3.96. The summed E-state index contributed by atoms with van der Waals surface area (Å²) in [4.78, 5) is 16.3. The molecule has 0 aliphatic carbocycles. The van der Waals surface area contributed by atoms with Crippen molar-refractivity contribution in [3.63, 3.8) is 0 Å². The third-order valence-corrected chi connectivity index (χ3v) is 3.28. The number of nitrogens with zero attached hydrogens (tertiary/aromatic N) is 1. The van der Waals surface area contributed by atoms with Gasteiger partial charge >= 0.3 is 0 Å². The average Bonchev–Trinajstić information content (AvgIpc) is 3.13. The molecule has 6 nitrogen and oxygen atoms in total. The van der Waals surface area contributed by atoms with Gasteiger partial charge in [0.15, 0.2) is 5.76 Å². The van der Waals surface area contributed by atoms with E-state index in [9.17, 15) is 4.79 Å². The Bertz CT molecular complexity index is 827. The Labute approximate surface area is 145 Å². The Kier molecular flexibility index (Phi) is 4.99. The van der Waals surface area contributed by atoms with Gasteiger partial charge in [-0.1, -0.05) is 12.1 Å². The van der Waals surface area contributed by atoms with Crippen LogP contribution in [0.1, 0.15) is 24.4 Å². The van der Waals surface area contributed by atoms with E-state index in [0.717, 1.165) is 11.4 Å². The lowest BCUT2D eigenvalue weighted by atomic mass is 10.3. The predicted molar refractivity (Wildman–Crippen MR) is 96.4 cm³/mol. The van der Waals surface area contributed by atoms with Crippen molar-refractivity contribution in [2.75, 3.05) is 10.6 Å². The van der Waals surface area contributed by atoms with E-state index in [1.165, 1.54) is 6.26 Å². The molecule has 0 spiro atoms. The zero-order valence-electron chi connectivity index (χ0n) is 14.0. The number of furan rings is 1. The lowest BCUT2D eigenvalue weighted by molar-refractivity contribution is 0.0996. The van der Waals surface area contributed by atoms with Crippen molar-refractivity contribution in [1.29, 1.82) is 0 Å². The first-order chi connectivity index (χ1) is 12.1. The Morgan fingerprint density at radius 3 is 2.64 bits per heavy atom. The van der Waals surface area contributed by atoms with Crippen LogP contribution in [0.4, 0.5) is 17.2 Å². The lowest BCUT2D eigenvalue weighted by Crippen LogP contribution is -2.11. The van der Waals surface area contributed by atoms with Gasteiger partial charge in [-0.2, -0.15) is 0 Å². The molecule has 0 aliphatic heterocycles. The zero-order chi connectivity index (χ0) is 17.6. The van der Waals surface area contributed by atoms with Crippen LogP contribution in [0.25, 0.3) is 0 Å². The number of amides is 1. The van der Waals surface area contributed by atoms with E-state index < -0.39 is 0 Å². The maximum atomic E-state index is 11.9. The largest absolute Gasteiger partial charge is 0.489 e. The summed E-state index contributed by atoms with van der Waals surface area (Å²) >= 11 is 0. The van der Waals surface area contributed by atoms with Crippen molar-refractivity contribution in [1.82, 2.24) is 4.98 Å². The number of anilines is 3. The van der Waals surface area contributed by atoms with Gasteiger partial charge < -0.3 is 19.8 Å². The number of nitrogens with one attached hydrogen (secondary N) is 2. The second-order valence-corrected chi connectivity index (χ2v) is 5.65. The summed E-state index contributed by atoms with van der Waals surface area (Å²) in [5.74, 6) is 1.34. The molecule has 2 aromatic heterocycles. The van der Waals surface area contributed by atoms with Crippen LogP contribution in [0.15, 0.2) is 65.4 Å². The van der Waals surface area contributed by atoms with Crippen LogP contribution in [0.3, 0.4) is 0 Å². The van der Waals surface area contributed by atoms with Gasteiger partial charge in [-0.25, -0.2) is 4.98 Å². The van der Waals surface area contributed by atoms with Crippen LogP contribution in [0.5, 0.6) is 5.75 Å². The summed E-state index contributed by atoms with van der Waals surface area (Å²) < 4.78 is 10.8. The van der Waals surface area contributed by atoms with E-state index in [4.69, 9.17) is 9.15 Å². The second kappa shape index (κ2) is 7.53. The maximum absolute atomic E-state index is 11.9. The van der Waals surface area contributed by atoms with Crippen molar-refractivity contribution >= 4 is 23.1 Å². The minimum Gasteiger partial charge on any atom is -0.489 e. The molecule has 3 rings (SSSR count). The van der Waals surface area contributed by atoms with Crippen molar-refractivity contribution in [3.05, 3.63) is 66.8 Å². The van der Waals surface area contributed by atoms with Crippen molar-refractivity contribution < 1.29 is 13.9 Å². The second-order valence-electron chi connectivity index (χ2n) is 5.65. The van der Waals surface area contributed by atoms with Gasteiger partial charge in [-0.05, 0) is 50.2 Å². The summed E-state index contributed by atoms with van der Waals surface area (Å²) in [5, 5.41) is 5.94. The highest BCUT2D eigenvalue weighted by Gasteiger charge is 2.09. The van der Waals surface area contributed by atoms with Gasteiger partial charge in [-0.3, -0.25) is 4.79 Å². The molecule has 0 saturated carbocycles. The van der Waals surface area contributed by atoms with Crippen LogP contribution < -0.4 is 15.4 Å². The molecule has 128 valence electrons. The Balaban J connectivity index is 1.68. The van der Waals surface area contributed by atoms with Crippen molar-refractivity contribution in [2.24, 2.45) is 0 Å². The molecule has 0 saturated heterocycles. The molecule has 1 amide bonds. The van der Waals surface area contributed by atoms with Gasteiger partial charge in [0.25, 0.3) is 5.91 Å².